The Bertz CT molecular complexity index is 978. The number of thioether (sulfide) groups is 1. The summed E-state index contributed by atoms with van der Waals surface area (Å²) >= 11 is 1.76. The highest BCUT2D eigenvalue weighted by Gasteiger charge is 2.23. The molecule has 0 aliphatic heterocycles. The summed E-state index contributed by atoms with van der Waals surface area (Å²) in [6, 6.07) is 11.9. The highest BCUT2D eigenvalue weighted by molar-refractivity contribution is 7.99. The molecule has 2 aromatic heterocycles. The highest BCUT2D eigenvalue weighted by atomic mass is 32.2. The van der Waals surface area contributed by atoms with Gasteiger partial charge < -0.3 is 9.47 Å². The second kappa shape index (κ2) is 8.35. The van der Waals surface area contributed by atoms with E-state index in [-0.39, 0.29) is 5.91 Å². The SMILES string of the molecule is CCn1c(CN(C)C(=O)c2cccnc2SC2CCCC2)nc2ccccc21. The Morgan fingerprint density at radius 3 is 2.79 bits per heavy atom. The van der Waals surface area contributed by atoms with Gasteiger partial charge in [0.25, 0.3) is 5.91 Å². The average molecular weight is 395 g/mol. The number of carbonyl (C=O) groups is 1. The van der Waals surface area contributed by atoms with Crippen LogP contribution in [0.2, 0.25) is 0 Å². The van der Waals surface area contributed by atoms with Crippen LogP contribution in [0.5, 0.6) is 0 Å². The van der Waals surface area contributed by atoms with Crippen molar-refractivity contribution in [2.24, 2.45) is 0 Å². The van der Waals surface area contributed by atoms with E-state index >= 15 is 0 Å². The molecule has 1 aliphatic carbocycles. The lowest BCUT2D eigenvalue weighted by Gasteiger charge is -2.19. The fourth-order valence-electron chi connectivity index (χ4n) is 3.90. The number of carbonyl (C=O) groups excluding carboxylic acids is 1. The molecule has 146 valence electrons. The topological polar surface area (TPSA) is 51.0 Å². The first-order chi connectivity index (χ1) is 13.7. The summed E-state index contributed by atoms with van der Waals surface area (Å²) in [7, 11) is 1.85. The number of nitrogens with zero attached hydrogens (tertiary/aromatic N) is 4. The van der Waals surface area contributed by atoms with E-state index in [0.29, 0.717) is 17.4 Å². The number of benzene rings is 1. The molecule has 1 fully saturated rings. The molecule has 6 heteroatoms. The Kier molecular flexibility index (Phi) is 5.67. The third-order valence-electron chi connectivity index (χ3n) is 5.36. The largest absolute Gasteiger partial charge is 0.334 e. The first kappa shape index (κ1) is 19.0. The Morgan fingerprint density at radius 2 is 2.00 bits per heavy atom. The summed E-state index contributed by atoms with van der Waals surface area (Å²) in [5.41, 5.74) is 2.78. The summed E-state index contributed by atoms with van der Waals surface area (Å²) in [4.78, 5) is 24.2. The van der Waals surface area contributed by atoms with Crippen LogP contribution < -0.4 is 0 Å². The minimum absolute atomic E-state index is 0.00306. The lowest BCUT2D eigenvalue weighted by molar-refractivity contribution is 0.0776. The molecule has 3 aromatic rings. The van der Waals surface area contributed by atoms with Crippen molar-refractivity contribution in [3.05, 3.63) is 54.0 Å². The van der Waals surface area contributed by atoms with Gasteiger partial charge in [-0.2, -0.15) is 0 Å². The molecule has 0 radical (unpaired) electrons. The minimum atomic E-state index is 0.00306. The quantitative estimate of drug-likeness (QED) is 0.605. The van der Waals surface area contributed by atoms with Crippen LogP contribution in [0.3, 0.4) is 0 Å². The standard InChI is InChI=1S/C22H26N4OS/c1-3-26-19-13-7-6-12-18(19)24-20(26)15-25(2)22(27)17-11-8-14-23-21(17)28-16-9-4-5-10-16/h6-8,11-14,16H,3-5,9-10,15H2,1-2H3. The van der Waals surface area contributed by atoms with E-state index in [2.05, 4.69) is 22.5 Å². The van der Waals surface area contributed by atoms with Crippen molar-refractivity contribution in [2.45, 2.75) is 56.0 Å². The lowest BCUT2D eigenvalue weighted by Crippen LogP contribution is -2.28. The fourth-order valence-corrected chi connectivity index (χ4v) is 5.19. The summed E-state index contributed by atoms with van der Waals surface area (Å²) in [6.07, 6.45) is 6.77. The molecule has 1 amide bonds. The number of imidazole rings is 1. The molecule has 2 heterocycles. The molecular weight excluding hydrogens is 368 g/mol. The van der Waals surface area contributed by atoms with E-state index in [1.54, 1.807) is 22.9 Å². The van der Waals surface area contributed by atoms with Crippen molar-refractivity contribution in [2.75, 3.05) is 7.05 Å². The average Bonchev–Trinajstić information content (AvgIpc) is 3.34. The number of aromatic nitrogens is 3. The van der Waals surface area contributed by atoms with Gasteiger partial charge in [-0.05, 0) is 44.0 Å². The van der Waals surface area contributed by atoms with Crippen molar-refractivity contribution in [3.63, 3.8) is 0 Å². The second-order valence-corrected chi connectivity index (χ2v) is 8.59. The zero-order valence-electron chi connectivity index (χ0n) is 16.5. The lowest BCUT2D eigenvalue weighted by atomic mass is 10.2. The first-order valence-corrected chi connectivity index (χ1v) is 10.9. The van der Waals surface area contributed by atoms with Crippen molar-refractivity contribution in [1.29, 1.82) is 0 Å². The number of pyridine rings is 1. The molecule has 5 nitrogen and oxygen atoms in total. The number of hydrogen-bond acceptors (Lipinski definition) is 4. The normalized spacial score (nSPS) is 14.6. The fraction of sp³-hybridized carbons (Fsp3) is 0.409. The summed E-state index contributed by atoms with van der Waals surface area (Å²) in [5, 5.41) is 1.44. The third-order valence-corrected chi connectivity index (χ3v) is 6.71. The van der Waals surface area contributed by atoms with Crippen LogP contribution in [0.4, 0.5) is 0 Å². The molecule has 0 atom stereocenters. The summed E-state index contributed by atoms with van der Waals surface area (Å²) in [6.45, 7) is 3.41. The molecule has 1 aromatic carbocycles. The molecule has 0 bridgehead atoms. The van der Waals surface area contributed by atoms with Gasteiger partial charge in [0, 0.05) is 25.0 Å². The van der Waals surface area contributed by atoms with Crippen LogP contribution >= 0.6 is 11.8 Å². The van der Waals surface area contributed by atoms with Crippen molar-refractivity contribution < 1.29 is 4.79 Å². The van der Waals surface area contributed by atoms with Gasteiger partial charge in [-0.15, -0.1) is 11.8 Å². The van der Waals surface area contributed by atoms with Crippen LogP contribution in [0.15, 0.2) is 47.6 Å². The molecule has 28 heavy (non-hydrogen) atoms. The Morgan fingerprint density at radius 1 is 1.21 bits per heavy atom. The number of amides is 1. The van der Waals surface area contributed by atoms with Gasteiger partial charge in [0.1, 0.15) is 10.9 Å². The Hall–Kier alpha value is -2.34. The van der Waals surface area contributed by atoms with E-state index in [1.165, 1.54) is 25.7 Å². The van der Waals surface area contributed by atoms with Gasteiger partial charge in [-0.25, -0.2) is 9.97 Å². The molecule has 4 rings (SSSR count). The van der Waals surface area contributed by atoms with E-state index in [0.717, 1.165) is 28.4 Å². The predicted molar refractivity (Wildman–Crippen MR) is 114 cm³/mol. The van der Waals surface area contributed by atoms with Gasteiger partial charge in [0.2, 0.25) is 0 Å². The zero-order valence-corrected chi connectivity index (χ0v) is 17.3. The molecule has 1 saturated carbocycles. The Labute approximate surface area is 170 Å². The number of rotatable bonds is 6. The van der Waals surface area contributed by atoms with Crippen LogP contribution in [-0.2, 0) is 13.1 Å². The molecule has 1 aliphatic rings. The van der Waals surface area contributed by atoms with Gasteiger partial charge in [0.05, 0.1) is 23.1 Å². The van der Waals surface area contributed by atoms with Gasteiger partial charge >= 0.3 is 0 Å². The van der Waals surface area contributed by atoms with Crippen molar-refractivity contribution in [1.82, 2.24) is 19.4 Å². The number of hydrogen-bond donors (Lipinski definition) is 0. The maximum Gasteiger partial charge on any atom is 0.256 e. The minimum Gasteiger partial charge on any atom is -0.334 e. The summed E-state index contributed by atoms with van der Waals surface area (Å²) in [5.74, 6) is 0.914. The smallest absolute Gasteiger partial charge is 0.256 e. The Balaban J connectivity index is 1.56. The summed E-state index contributed by atoms with van der Waals surface area (Å²) < 4.78 is 2.18. The molecular formula is C22H26N4OS. The first-order valence-electron chi connectivity index (χ1n) is 9.98. The van der Waals surface area contributed by atoms with Gasteiger partial charge in [-0.3, -0.25) is 4.79 Å². The third kappa shape index (κ3) is 3.78. The predicted octanol–water partition coefficient (Wildman–Crippen LogP) is 4.76. The van der Waals surface area contributed by atoms with Gasteiger partial charge in [0.15, 0.2) is 0 Å². The maximum absolute atomic E-state index is 13.2. The van der Waals surface area contributed by atoms with E-state index in [4.69, 9.17) is 4.98 Å². The van der Waals surface area contributed by atoms with Crippen molar-refractivity contribution in [3.8, 4) is 0 Å². The van der Waals surface area contributed by atoms with Gasteiger partial charge in [-0.1, -0.05) is 25.0 Å². The second-order valence-electron chi connectivity index (χ2n) is 7.30. The number of fused-ring (bicyclic) bond motifs is 1. The number of aryl methyl sites for hydroxylation is 1. The molecule has 0 spiro atoms. The maximum atomic E-state index is 13.2. The van der Waals surface area contributed by atoms with Crippen LogP contribution in [-0.4, -0.2) is 37.6 Å². The highest BCUT2D eigenvalue weighted by Crippen LogP contribution is 2.35. The van der Waals surface area contributed by atoms with Crippen LogP contribution in [0.1, 0.15) is 48.8 Å². The van der Waals surface area contributed by atoms with Crippen LogP contribution in [0, 0.1) is 0 Å². The molecule has 0 N–H and O–H groups in total. The van der Waals surface area contributed by atoms with Crippen LogP contribution in [0.25, 0.3) is 11.0 Å². The van der Waals surface area contributed by atoms with E-state index < -0.39 is 0 Å². The monoisotopic (exact) mass is 394 g/mol. The van der Waals surface area contributed by atoms with Crippen molar-refractivity contribution >= 4 is 28.7 Å². The molecule has 0 saturated heterocycles. The molecule has 0 unspecified atom stereocenters. The zero-order chi connectivity index (χ0) is 19.5. The van der Waals surface area contributed by atoms with E-state index in [1.807, 2.05) is 37.4 Å². The number of para-hydroxylation sites is 2. The van der Waals surface area contributed by atoms with E-state index in [9.17, 15) is 4.79 Å².